The van der Waals surface area contributed by atoms with Gasteiger partial charge in [-0.3, -0.25) is 0 Å². The third-order valence-corrected chi connectivity index (χ3v) is 2.86. The summed E-state index contributed by atoms with van der Waals surface area (Å²) in [5.74, 6) is 1.50. The first kappa shape index (κ1) is 11.9. The Kier molecular flexibility index (Phi) is 3.63. The normalized spacial score (nSPS) is 22.8. The van der Waals surface area contributed by atoms with Gasteiger partial charge < -0.3 is 19.5 Å². The number of hydrogen-bond donors (Lipinski definition) is 1. The number of hydrogen-bond acceptors (Lipinski definition) is 6. The van der Waals surface area contributed by atoms with Crippen molar-refractivity contribution in [3.63, 3.8) is 0 Å². The van der Waals surface area contributed by atoms with Gasteiger partial charge in [-0.1, -0.05) is 0 Å². The summed E-state index contributed by atoms with van der Waals surface area (Å²) in [5.41, 5.74) is 0. The zero-order chi connectivity index (χ0) is 12.3. The van der Waals surface area contributed by atoms with Crippen LogP contribution in [-0.4, -0.2) is 43.4 Å². The Hall–Kier alpha value is -1.56. The molecule has 0 aromatic carbocycles. The lowest BCUT2D eigenvalue weighted by Crippen LogP contribution is -2.40. The minimum absolute atomic E-state index is 0.347. The van der Waals surface area contributed by atoms with E-state index >= 15 is 0 Å². The van der Waals surface area contributed by atoms with E-state index in [1.165, 1.54) is 0 Å². The average Bonchev–Trinajstić information content (AvgIpc) is 2.32. The van der Waals surface area contributed by atoms with Crippen molar-refractivity contribution >= 4 is 5.95 Å². The Morgan fingerprint density at radius 1 is 1.12 bits per heavy atom. The van der Waals surface area contributed by atoms with E-state index in [-0.39, 0.29) is 0 Å². The van der Waals surface area contributed by atoms with Crippen LogP contribution in [0, 0.1) is 0 Å². The van der Waals surface area contributed by atoms with Crippen LogP contribution in [-0.2, 0) is 4.74 Å². The van der Waals surface area contributed by atoms with Crippen molar-refractivity contribution in [2.24, 2.45) is 0 Å². The fourth-order valence-electron chi connectivity index (χ4n) is 1.74. The van der Waals surface area contributed by atoms with Gasteiger partial charge >= 0.3 is 0 Å². The average molecular weight is 239 g/mol. The summed E-state index contributed by atoms with van der Waals surface area (Å²) in [6.45, 7) is 0. The fourth-order valence-corrected chi connectivity index (χ4v) is 1.74. The van der Waals surface area contributed by atoms with Gasteiger partial charge in [-0.05, 0) is 12.8 Å². The highest BCUT2D eigenvalue weighted by Gasteiger charge is 2.29. The van der Waals surface area contributed by atoms with Gasteiger partial charge in [0, 0.05) is 13.2 Å². The van der Waals surface area contributed by atoms with Gasteiger partial charge in [0.05, 0.1) is 26.4 Å². The standard InChI is InChI=1S/C11H17N3O3/c1-15-8-4-7(5-8)12-11-13-9(16-2)6-10(14-11)17-3/h6-8H,4-5H2,1-3H3,(H,12,13,14). The molecule has 0 atom stereocenters. The maximum Gasteiger partial charge on any atom is 0.229 e. The summed E-state index contributed by atoms with van der Waals surface area (Å²) in [7, 11) is 4.86. The molecule has 1 aliphatic rings. The summed E-state index contributed by atoms with van der Waals surface area (Å²) in [6.07, 6.45) is 2.29. The van der Waals surface area contributed by atoms with Gasteiger partial charge in [-0.25, -0.2) is 0 Å². The number of methoxy groups -OCH3 is 3. The first-order valence-corrected chi connectivity index (χ1v) is 5.51. The van der Waals surface area contributed by atoms with Gasteiger partial charge in [0.2, 0.25) is 17.7 Å². The van der Waals surface area contributed by atoms with Gasteiger partial charge in [0.15, 0.2) is 0 Å². The summed E-state index contributed by atoms with van der Waals surface area (Å²) >= 11 is 0. The van der Waals surface area contributed by atoms with E-state index in [1.54, 1.807) is 27.4 Å². The maximum absolute atomic E-state index is 5.21. The van der Waals surface area contributed by atoms with Crippen LogP contribution in [0.5, 0.6) is 11.8 Å². The zero-order valence-electron chi connectivity index (χ0n) is 10.3. The van der Waals surface area contributed by atoms with E-state index in [2.05, 4.69) is 15.3 Å². The molecule has 0 amide bonds. The van der Waals surface area contributed by atoms with Crippen molar-refractivity contribution in [3.05, 3.63) is 6.07 Å². The SMILES string of the molecule is COc1cc(OC)nc(NC2CC(OC)C2)n1. The second-order valence-electron chi connectivity index (χ2n) is 3.95. The Bertz CT molecular complexity index is 358. The Labute approximate surface area is 100 Å². The molecular formula is C11H17N3O3. The minimum Gasteiger partial charge on any atom is -0.481 e. The van der Waals surface area contributed by atoms with Crippen molar-refractivity contribution < 1.29 is 14.2 Å². The summed E-state index contributed by atoms with van der Waals surface area (Å²) in [5, 5.41) is 3.23. The Morgan fingerprint density at radius 2 is 1.71 bits per heavy atom. The molecule has 1 aliphatic carbocycles. The first-order chi connectivity index (χ1) is 8.25. The van der Waals surface area contributed by atoms with E-state index in [0.717, 1.165) is 12.8 Å². The quantitative estimate of drug-likeness (QED) is 0.829. The molecule has 0 spiro atoms. The molecule has 0 unspecified atom stereocenters. The molecule has 0 radical (unpaired) electrons. The molecule has 0 bridgehead atoms. The molecule has 94 valence electrons. The third-order valence-electron chi connectivity index (χ3n) is 2.86. The van der Waals surface area contributed by atoms with Crippen LogP contribution in [0.4, 0.5) is 5.95 Å². The number of ether oxygens (including phenoxy) is 3. The zero-order valence-corrected chi connectivity index (χ0v) is 10.3. The van der Waals surface area contributed by atoms with Crippen LogP contribution in [0.3, 0.4) is 0 Å². The molecule has 1 N–H and O–H groups in total. The molecule has 6 nitrogen and oxygen atoms in total. The summed E-state index contributed by atoms with van der Waals surface area (Å²) in [6, 6.07) is 2.00. The van der Waals surface area contributed by atoms with Crippen molar-refractivity contribution in [1.82, 2.24) is 9.97 Å². The van der Waals surface area contributed by atoms with E-state index in [9.17, 15) is 0 Å². The molecule has 17 heavy (non-hydrogen) atoms. The predicted octanol–water partition coefficient (Wildman–Crippen LogP) is 1.08. The first-order valence-electron chi connectivity index (χ1n) is 5.51. The topological polar surface area (TPSA) is 65.5 Å². The molecule has 0 aliphatic heterocycles. The Morgan fingerprint density at radius 3 is 2.18 bits per heavy atom. The number of anilines is 1. The molecule has 1 aromatic heterocycles. The molecular weight excluding hydrogens is 222 g/mol. The van der Waals surface area contributed by atoms with Crippen LogP contribution in [0.1, 0.15) is 12.8 Å². The number of nitrogens with one attached hydrogen (secondary N) is 1. The number of nitrogens with zero attached hydrogens (tertiary/aromatic N) is 2. The molecule has 6 heteroatoms. The molecule has 1 heterocycles. The lowest BCUT2D eigenvalue weighted by atomic mass is 9.89. The molecule has 1 aromatic rings. The second kappa shape index (κ2) is 5.18. The predicted molar refractivity (Wildman–Crippen MR) is 62.6 cm³/mol. The third kappa shape index (κ3) is 2.76. The van der Waals surface area contributed by atoms with Crippen LogP contribution in [0.2, 0.25) is 0 Å². The van der Waals surface area contributed by atoms with E-state index in [4.69, 9.17) is 14.2 Å². The molecule has 0 saturated heterocycles. The van der Waals surface area contributed by atoms with Crippen molar-refractivity contribution in [1.29, 1.82) is 0 Å². The van der Waals surface area contributed by atoms with Crippen LogP contribution >= 0.6 is 0 Å². The van der Waals surface area contributed by atoms with Crippen LogP contribution in [0.15, 0.2) is 6.07 Å². The van der Waals surface area contributed by atoms with Gasteiger partial charge in [0.25, 0.3) is 0 Å². The highest BCUT2D eigenvalue weighted by atomic mass is 16.5. The molecule has 1 saturated carbocycles. The summed E-state index contributed by atoms with van der Waals surface area (Å²) < 4.78 is 15.4. The lowest BCUT2D eigenvalue weighted by Gasteiger charge is -2.34. The highest BCUT2D eigenvalue weighted by Crippen LogP contribution is 2.26. The van der Waals surface area contributed by atoms with Gasteiger partial charge in [0.1, 0.15) is 0 Å². The van der Waals surface area contributed by atoms with Crippen LogP contribution < -0.4 is 14.8 Å². The Balaban J connectivity index is 2.00. The number of aromatic nitrogens is 2. The van der Waals surface area contributed by atoms with Gasteiger partial charge in [-0.2, -0.15) is 9.97 Å². The largest absolute Gasteiger partial charge is 0.481 e. The monoisotopic (exact) mass is 239 g/mol. The van der Waals surface area contributed by atoms with Gasteiger partial charge in [-0.15, -0.1) is 0 Å². The van der Waals surface area contributed by atoms with Crippen molar-refractivity contribution in [3.8, 4) is 11.8 Å². The molecule has 2 rings (SSSR count). The van der Waals surface area contributed by atoms with Crippen LogP contribution in [0.25, 0.3) is 0 Å². The smallest absolute Gasteiger partial charge is 0.229 e. The van der Waals surface area contributed by atoms with E-state index in [0.29, 0.717) is 29.9 Å². The minimum atomic E-state index is 0.347. The summed E-state index contributed by atoms with van der Waals surface area (Å²) in [4.78, 5) is 8.41. The molecule has 1 fully saturated rings. The fraction of sp³-hybridized carbons (Fsp3) is 0.636. The van der Waals surface area contributed by atoms with E-state index in [1.807, 2.05) is 0 Å². The maximum atomic E-state index is 5.21. The van der Waals surface area contributed by atoms with Crippen molar-refractivity contribution in [2.75, 3.05) is 26.6 Å². The second-order valence-corrected chi connectivity index (χ2v) is 3.95. The number of rotatable bonds is 5. The van der Waals surface area contributed by atoms with E-state index < -0.39 is 0 Å². The highest BCUT2D eigenvalue weighted by molar-refractivity contribution is 5.35. The van der Waals surface area contributed by atoms with Crippen molar-refractivity contribution in [2.45, 2.75) is 25.0 Å². The lowest BCUT2D eigenvalue weighted by molar-refractivity contribution is 0.0327.